The molecular weight excluding hydrogens is 258 g/mol. The van der Waals surface area contributed by atoms with Crippen LogP contribution in [-0.4, -0.2) is 43.9 Å². The maximum Gasteiger partial charge on any atom is 0.250 e. The molecule has 1 amide bonds. The van der Waals surface area contributed by atoms with E-state index in [1.165, 1.54) is 10.6 Å². The van der Waals surface area contributed by atoms with Crippen molar-refractivity contribution in [2.75, 3.05) is 13.1 Å². The first-order valence-corrected chi connectivity index (χ1v) is 6.53. The highest BCUT2D eigenvalue weighted by molar-refractivity contribution is 5.76. The van der Waals surface area contributed by atoms with Crippen molar-refractivity contribution in [1.29, 1.82) is 0 Å². The molecule has 7 nitrogen and oxygen atoms in total. The van der Waals surface area contributed by atoms with E-state index in [-0.39, 0.29) is 23.9 Å². The Labute approximate surface area is 115 Å². The highest BCUT2D eigenvalue weighted by Crippen LogP contribution is 2.24. The van der Waals surface area contributed by atoms with Crippen LogP contribution in [0.1, 0.15) is 18.0 Å². The van der Waals surface area contributed by atoms with Gasteiger partial charge in [0.15, 0.2) is 0 Å². The van der Waals surface area contributed by atoms with Crippen molar-refractivity contribution in [3.63, 3.8) is 0 Å². The van der Waals surface area contributed by atoms with E-state index in [9.17, 15) is 9.59 Å². The van der Waals surface area contributed by atoms with Crippen molar-refractivity contribution in [3.8, 4) is 0 Å². The smallest absolute Gasteiger partial charge is 0.250 e. The number of pyridine rings is 1. The fourth-order valence-corrected chi connectivity index (χ4v) is 2.47. The number of nitrogens with one attached hydrogen (secondary N) is 1. The molecule has 1 aliphatic heterocycles. The van der Waals surface area contributed by atoms with Crippen LogP contribution in [0.25, 0.3) is 0 Å². The molecule has 2 aromatic heterocycles. The molecule has 3 rings (SSSR count). The molecule has 1 atom stereocenters. The molecule has 2 aromatic rings. The van der Waals surface area contributed by atoms with Gasteiger partial charge in [-0.25, -0.2) is 0 Å². The zero-order valence-corrected chi connectivity index (χ0v) is 10.9. The molecule has 20 heavy (non-hydrogen) atoms. The summed E-state index contributed by atoms with van der Waals surface area (Å²) in [5.41, 5.74) is 0.727. The van der Waals surface area contributed by atoms with Crippen LogP contribution in [0.2, 0.25) is 0 Å². The molecule has 1 aliphatic rings. The summed E-state index contributed by atoms with van der Waals surface area (Å²) in [6.07, 6.45) is 4.20. The molecule has 0 spiro atoms. The van der Waals surface area contributed by atoms with Gasteiger partial charge in [-0.1, -0.05) is 6.07 Å². The van der Waals surface area contributed by atoms with Crippen LogP contribution in [0.15, 0.2) is 35.4 Å². The zero-order valence-electron chi connectivity index (χ0n) is 10.9. The largest absolute Gasteiger partial charge is 0.340 e. The predicted octanol–water partition coefficient (Wildman–Crippen LogP) is -0.0175. The van der Waals surface area contributed by atoms with Gasteiger partial charge in [0.2, 0.25) is 5.91 Å². The number of aromatic amines is 1. The van der Waals surface area contributed by atoms with E-state index >= 15 is 0 Å². The Morgan fingerprint density at radius 2 is 2.35 bits per heavy atom. The summed E-state index contributed by atoms with van der Waals surface area (Å²) in [5, 5.41) is 10.4. The first kappa shape index (κ1) is 12.6. The van der Waals surface area contributed by atoms with Gasteiger partial charge in [-0.3, -0.25) is 9.59 Å². The lowest BCUT2D eigenvalue weighted by molar-refractivity contribution is -0.130. The normalized spacial score (nSPS) is 18.4. The number of hydrogen-bond acceptors (Lipinski definition) is 4. The summed E-state index contributed by atoms with van der Waals surface area (Å²) >= 11 is 0. The van der Waals surface area contributed by atoms with Gasteiger partial charge in [-0.2, -0.15) is 15.4 Å². The van der Waals surface area contributed by atoms with Crippen molar-refractivity contribution >= 4 is 5.91 Å². The Morgan fingerprint density at radius 1 is 1.45 bits per heavy atom. The van der Waals surface area contributed by atoms with Crippen LogP contribution in [0.4, 0.5) is 0 Å². The molecule has 0 aliphatic carbocycles. The summed E-state index contributed by atoms with van der Waals surface area (Å²) in [6, 6.07) is 4.87. The first-order valence-electron chi connectivity index (χ1n) is 6.53. The second-order valence-electron chi connectivity index (χ2n) is 4.89. The Morgan fingerprint density at radius 3 is 3.10 bits per heavy atom. The molecule has 1 fully saturated rings. The second-order valence-corrected chi connectivity index (χ2v) is 4.89. The van der Waals surface area contributed by atoms with Gasteiger partial charge in [0.05, 0.1) is 11.9 Å². The number of likely N-dealkylation sites (tertiary alicyclic amines) is 1. The summed E-state index contributed by atoms with van der Waals surface area (Å²) in [7, 11) is 0. The Balaban J connectivity index is 1.65. The molecule has 3 heterocycles. The molecule has 0 radical (unpaired) electrons. The van der Waals surface area contributed by atoms with Gasteiger partial charge in [-0.15, -0.1) is 0 Å². The number of carbonyl (C=O) groups is 1. The maximum atomic E-state index is 12.2. The topological polar surface area (TPSA) is 83.9 Å². The van der Waals surface area contributed by atoms with E-state index in [1.54, 1.807) is 29.4 Å². The van der Waals surface area contributed by atoms with E-state index in [0.29, 0.717) is 13.1 Å². The Hall–Kier alpha value is -2.44. The standard InChI is InChI=1S/C13H15N5O2/c19-12-3-1-2-5-17(12)9-13(20)18-6-4-10(8-18)11-7-14-16-15-11/h1-3,5,7,10H,4,6,8-9H2,(H,14,15,16). The Bertz CT molecular complexity index is 649. The highest BCUT2D eigenvalue weighted by Gasteiger charge is 2.28. The van der Waals surface area contributed by atoms with E-state index in [0.717, 1.165) is 12.1 Å². The van der Waals surface area contributed by atoms with Gasteiger partial charge in [0.1, 0.15) is 6.54 Å². The minimum Gasteiger partial charge on any atom is -0.340 e. The second kappa shape index (κ2) is 5.28. The number of rotatable bonds is 3. The van der Waals surface area contributed by atoms with E-state index in [1.807, 2.05) is 0 Å². The van der Waals surface area contributed by atoms with Crippen molar-refractivity contribution in [1.82, 2.24) is 24.9 Å². The lowest BCUT2D eigenvalue weighted by Gasteiger charge is -2.16. The monoisotopic (exact) mass is 273 g/mol. The van der Waals surface area contributed by atoms with Crippen molar-refractivity contribution in [2.24, 2.45) is 0 Å². The van der Waals surface area contributed by atoms with Crippen LogP contribution in [0.5, 0.6) is 0 Å². The summed E-state index contributed by atoms with van der Waals surface area (Å²) in [5.74, 6) is 0.189. The van der Waals surface area contributed by atoms with Crippen molar-refractivity contribution in [2.45, 2.75) is 18.9 Å². The lowest BCUT2D eigenvalue weighted by Crippen LogP contribution is -2.34. The quantitative estimate of drug-likeness (QED) is 0.852. The zero-order chi connectivity index (χ0) is 13.9. The Kier molecular flexibility index (Phi) is 3.32. The highest BCUT2D eigenvalue weighted by atomic mass is 16.2. The summed E-state index contributed by atoms with van der Waals surface area (Å²) < 4.78 is 1.42. The number of carbonyl (C=O) groups excluding carboxylic acids is 1. The number of hydrogen-bond donors (Lipinski definition) is 1. The van der Waals surface area contributed by atoms with Crippen molar-refractivity contribution in [3.05, 3.63) is 46.6 Å². The fourth-order valence-electron chi connectivity index (χ4n) is 2.47. The molecule has 104 valence electrons. The minimum atomic E-state index is -0.159. The first-order chi connectivity index (χ1) is 9.74. The lowest BCUT2D eigenvalue weighted by atomic mass is 10.1. The van der Waals surface area contributed by atoms with Gasteiger partial charge < -0.3 is 9.47 Å². The van der Waals surface area contributed by atoms with Crippen LogP contribution in [0, 0.1) is 0 Å². The van der Waals surface area contributed by atoms with Gasteiger partial charge in [0, 0.05) is 31.3 Å². The number of nitrogens with zero attached hydrogens (tertiary/aromatic N) is 4. The molecule has 7 heteroatoms. The van der Waals surface area contributed by atoms with Gasteiger partial charge in [-0.05, 0) is 12.5 Å². The third-order valence-electron chi connectivity index (χ3n) is 3.60. The summed E-state index contributed by atoms with van der Waals surface area (Å²) in [6.45, 7) is 1.41. The average molecular weight is 273 g/mol. The molecular formula is C13H15N5O2. The molecule has 1 unspecified atom stereocenters. The molecule has 0 saturated carbocycles. The van der Waals surface area contributed by atoms with Crippen LogP contribution >= 0.6 is 0 Å². The summed E-state index contributed by atoms with van der Waals surface area (Å²) in [4.78, 5) is 25.6. The fraction of sp³-hybridized carbons (Fsp3) is 0.385. The number of aromatic nitrogens is 4. The third kappa shape index (κ3) is 2.47. The van der Waals surface area contributed by atoms with Crippen LogP contribution in [-0.2, 0) is 11.3 Å². The number of H-pyrrole nitrogens is 1. The third-order valence-corrected chi connectivity index (χ3v) is 3.60. The van der Waals surface area contributed by atoms with E-state index < -0.39 is 0 Å². The predicted molar refractivity (Wildman–Crippen MR) is 71.0 cm³/mol. The number of amides is 1. The maximum absolute atomic E-state index is 12.2. The molecule has 1 saturated heterocycles. The molecule has 0 bridgehead atoms. The van der Waals surface area contributed by atoms with Crippen molar-refractivity contribution < 1.29 is 4.79 Å². The van der Waals surface area contributed by atoms with Gasteiger partial charge >= 0.3 is 0 Å². The van der Waals surface area contributed by atoms with E-state index in [4.69, 9.17) is 0 Å². The SMILES string of the molecule is O=C(Cn1ccccc1=O)N1CCC(c2cn[nH]n2)C1. The average Bonchev–Trinajstić information content (AvgIpc) is 3.11. The minimum absolute atomic E-state index is 0.0377. The van der Waals surface area contributed by atoms with Gasteiger partial charge in [0.25, 0.3) is 5.56 Å². The van der Waals surface area contributed by atoms with Crippen LogP contribution < -0.4 is 5.56 Å². The van der Waals surface area contributed by atoms with E-state index in [2.05, 4.69) is 15.4 Å². The van der Waals surface area contributed by atoms with Crippen LogP contribution in [0.3, 0.4) is 0 Å². The molecule has 1 N–H and O–H groups in total. The molecule has 0 aromatic carbocycles.